The lowest BCUT2D eigenvalue weighted by Gasteiger charge is -2.19. The van der Waals surface area contributed by atoms with Crippen LogP contribution in [0.15, 0.2) is 22.7 Å². The molecule has 1 saturated heterocycles. The van der Waals surface area contributed by atoms with Gasteiger partial charge in [-0.1, -0.05) is 42.1 Å². The molecule has 24 heavy (non-hydrogen) atoms. The molecule has 6 heteroatoms. The summed E-state index contributed by atoms with van der Waals surface area (Å²) in [6, 6.07) is 5.50. The second-order valence-electron chi connectivity index (χ2n) is 6.00. The first-order valence-electron chi connectivity index (χ1n) is 8.64. The number of benzene rings is 1. The molecule has 132 valence electrons. The number of carbonyl (C=O) groups excluding carboxylic acids is 1. The Morgan fingerprint density at radius 3 is 2.75 bits per heavy atom. The highest BCUT2D eigenvalue weighted by Gasteiger charge is 2.19. The predicted octanol–water partition coefficient (Wildman–Crippen LogP) is 4.52. The van der Waals surface area contributed by atoms with Crippen LogP contribution >= 0.6 is 28.1 Å². The summed E-state index contributed by atoms with van der Waals surface area (Å²) in [4.78, 5) is 14.6. The van der Waals surface area contributed by atoms with Crippen molar-refractivity contribution in [3.8, 4) is 5.75 Å². The number of nitrogens with one attached hydrogen (secondary N) is 1. The van der Waals surface area contributed by atoms with E-state index in [1.54, 1.807) is 6.07 Å². The maximum absolute atomic E-state index is 12.6. The van der Waals surface area contributed by atoms with Crippen LogP contribution in [-0.2, 0) is 0 Å². The molecule has 0 unspecified atom stereocenters. The van der Waals surface area contributed by atoms with Crippen molar-refractivity contribution in [3.63, 3.8) is 0 Å². The summed E-state index contributed by atoms with van der Waals surface area (Å²) in [6.45, 7) is 4.64. The lowest BCUT2D eigenvalue weighted by atomic mass is 10.2. The molecule has 1 amide bonds. The number of rotatable bonds is 7. The van der Waals surface area contributed by atoms with Crippen LogP contribution < -0.4 is 10.1 Å². The van der Waals surface area contributed by atoms with Crippen molar-refractivity contribution in [1.82, 2.24) is 10.2 Å². The van der Waals surface area contributed by atoms with E-state index < -0.39 is 0 Å². The van der Waals surface area contributed by atoms with Crippen LogP contribution in [-0.4, -0.2) is 35.6 Å². The van der Waals surface area contributed by atoms with Crippen molar-refractivity contribution < 1.29 is 9.53 Å². The van der Waals surface area contributed by atoms with E-state index in [-0.39, 0.29) is 5.91 Å². The molecule has 1 N–H and O–H groups in total. The van der Waals surface area contributed by atoms with E-state index in [9.17, 15) is 4.79 Å². The first-order valence-corrected chi connectivity index (χ1v) is 9.84. The molecule has 0 atom stereocenters. The zero-order chi connectivity index (χ0) is 17.4. The quantitative estimate of drug-likeness (QED) is 0.527. The maximum Gasteiger partial charge on any atom is 0.261 e. The molecule has 0 bridgehead atoms. The average molecular weight is 413 g/mol. The standard InChI is InChI=1S/C18H25BrN2O2S/c1-2-3-4-7-12-23-16-9-8-14(19)13-15(16)17(22)20-18(24)21-10-5-6-11-21/h8-9,13H,2-7,10-12H2,1H3,(H,20,22,24). The number of hydrogen-bond acceptors (Lipinski definition) is 3. The molecule has 1 aliphatic rings. The molecule has 2 rings (SSSR count). The Bertz CT molecular complexity index is 574. The third-order valence-corrected chi connectivity index (χ3v) is 4.91. The monoisotopic (exact) mass is 412 g/mol. The van der Waals surface area contributed by atoms with Crippen molar-refractivity contribution in [2.24, 2.45) is 0 Å². The third kappa shape index (κ3) is 5.74. The third-order valence-electron chi connectivity index (χ3n) is 4.06. The van der Waals surface area contributed by atoms with E-state index in [0.717, 1.165) is 43.2 Å². The van der Waals surface area contributed by atoms with E-state index in [2.05, 4.69) is 28.2 Å². The van der Waals surface area contributed by atoms with E-state index in [0.29, 0.717) is 23.0 Å². The minimum absolute atomic E-state index is 0.211. The highest BCUT2D eigenvalue weighted by Crippen LogP contribution is 2.24. The molecule has 4 nitrogen and oxygen atoms in total. The van der Waals surface area contributed by atoms with E-state index in [1.807, 2.05) is 17.0 Å². The highest BCUT2D eigenvalue weighted by molar-refractivity contribution is 9.10. The van der Waals surface area contributed by atoms with Crippen LogP contribution in [0.25, 0.3) is 0 Å². The SMILES string of the molecule is CCCCCCOc1ccc(Br)cc1C(=O)NC(=S)N1CCCC1. The highest BCUT2D eigenvalue weighted by atomic mass is 79.9. The van der Waals surface area contributed by atoms with E-state index in [4.69, 9.17) is 17.0 Å². The molecule has 0 aromatic heterocycles. The number of unbranched alkanes of at least 4 members (excludes halogenated alkanes) is 3. The summed E-state index contributed by atoms with van der Waals surface area (Å²) in [5.41, 5.74) is 0.515. The number of halogens is 1. The fourth-order valence-corrected chi connectivity index (χ4v) is 3.32. The van der Waals surface area contributed by atoms with Crippen molar-refractivity contribution in [1.29, 1.82) is 0 Å². The predicted molar refractivity (Wildman–Crippen MR) is 105 cm³/mol. The Balaban J connectivity index is 1.97. The molecule has 1 aliphatic heterocycles. The van der Waals surface area contributed by atoms with Gasteiger partial charge in [0.15, 0.2) is 5.11 Å². The molecule has 0 saturated carbocycles. The Kier molecular flexibility index (Phi) is 7.99. The number of ether oxygens (including phenoxy) is 1. The fraction of sp³-hybridized carbons (Fsp3) is 0.556. The van der Waals surface area contributed by atoms with E-state index >= 15 is 0 Å². The Labute approximate surface area is 158 Å². The number of hydrogen-bond donors (Lipinski definition) is 1. The van der Waals surface area contributed by atoms with Gasteiger partial charge in [0.1, 0.15) is 5.75 Å². The largest absolute Gasteiger partial charge is 0.493 e. The Morgan fingerprint density at radius 1 is 1.29 bits per heavy atom. The van der Waals surface area contributed by atoms with E-state index in [1.165, 1.54) is 12.8 Å². The van der Waals surface area contributed by atoms with Crippen LogP contribution in [0.3, 0.4) is 0 Å². The Morgan fingerprint density at radius 2 is 2.04 bits per heavy atom. The van der Waals surface area contributed by atoms with Gasteiger partial charge < -0.3 is 9.64 Å². The second-order valence-corrected chi connectivity index (χ2v) is 7.31. The zero-order valence-electron chi connectivity index (χ0n) is 14.1. The molecular weight excluding hydrogens is 388 g/mol. The zero-order valence-corrected chi connectivity index (χ0v) is 16.5. The van der Waals surface area contributed by atoms with Gasteiger partial charge in [-0.15, -0.1) is 0 Å². The first kappa shape index (κ1) is 19.2. The maximum atomic E-state index is 12.6. The number of amides is 1. The average Bonchev–Trinajstić information content (AvgIpc) is 3.10. The smallest absolute Gasteiger partial charge is 0.261 e. The van der Waals surface area contributed by atoms with Gasteiger partial charge in [0.25, 0.3) is 5.91 Å². The summed E-state index contributed by atoms with van der Waals surface area (Å²) >= 11 is 8.76. The van der Waals surface area contributed by atoms with Gasteiger partial charge in [0.05, 0.1) is 12.2 Å². The van der Waals surface area contributed by atoms with Crippen LogP contribution in [0.2, 0.25) is 0 Å². The molecule has 0 radical (unpaired) electrons. The minimum Gasteiger partial charge on any atom is -0.493 e. The van der Waals surface area contributed by atoms with Gasteiger partial charge in [0, 0.05) is 17.6 Å². The van der Waals surface area contributed by atoms with Crippen LogP contribution in [0.4, 0.5) is 0 Å². The lowest BCUT2D eigenvalue weighted by Crippen LogP contribution is -2.41. The van der Waals surface area contributed by atoms with Crippen molar-refractivity contribution >= 4 is 39.2 Å². The van der Waals surface area contributed by atoms with Gasteiger partial charge in [-0.05, 0) is 49.7 Å². The number of carbonyl (C=O) groups is 1. The summed E-state index contributed by atoms with van der Waals surface area (Å²) in [5, 5.41) is 3.34. The van der Waals surface area contributed by atoms with Gasteiger partial charge >= 0.3 is 0 Å². The van der Waals surface area contributed by atoms with Crippen molar-refractivity contribution in [3.05, 3.63) is 28.2 Å². The summed E-state index contributed by atoms with van der Waals surface area (Å²) in [7, 11) is 0. The van der Waals surface area contributed by atoms with Crippen LogP contribution in [0, 0.1) is 0 Å². The number of thiocarbonyl (C=S) groups is 1. The summed E-state index contributed by atoms with van der Waals surface area (Å²) in [5.74, 6) is 0.396. The molecule has 0 aliphatic carbocycles. The molecule has 0 spiro atoms. The fourth-order valence-electron chi connectivity index (χ4n) is 2.68. The minimum atomic E-state index is -0.211. The lowest BCUT2D eigenvalue weighted by molar-refractivity contribution is 0.0969. The molecule has 1 aromatic rings. The summed E-state index contributed by atoms with van der Waals surface area (Å²) < 4.78 is 6.67. The van der Waals surface area contributed by atoms with Crippen LogP contribution in [0.1, 0.15) is 55.8 Å². The molecule has 1 heterocycles. The molecule has 1 aromatic carbocycles. The van der Waals surface area contributed by atoms with Gasteiger partial charge in [0.2, 0.25) is 0 Å². The van der Waals surface area contributed by atoms with Crippen molar-refractivity contribution in [2.75, 3.05) is 19.7 Å². The molecular formula is C18H25BrN2O2S. The normalized spacial score (nSPS) is 13.8. The van der Waals surface area contributed by atoms with Gasteiger partial charge in [-0.25, -0.2) is 0 Å². The number of likely N-dealkylation sites (tertiary alicyclic amines) is 1. The van der Waals surface area contributed by atoms with Gasteiger partial charge in [-0.3, -0.25) is 10.1 Å². The van der Waals surface area contributed by atoms with Crippen molar-refractivity contribution in [2.45, 2.75) is 45.4 Å². The van der Waals surface area contributed by atoms with Crippen LogP contribution in [0.5, 0.6) is 5.75 Å². The van der Waals surface area contributed by atoms with Gasteiger partial charge in [-0.2, -0.15) is 0 Å². The molecule has 1 fully saturated rings. The first-order chi connectivity index (χ1) is 11.6. The Hall–Kier alpha value is -1.14. The summed E-state index contributed by atoms with van der Waals surface area (Å²) in [6.07, 6.45) is 6.80. The number of nitrogens with zero attached hydrogens (tertiary/aromatic N) is 1. The second kappa shape index (κ2) is 9.99. The topological polar surface area (TPSA) is 41.6 Å².